The van der Waals surface area contributed by atoms with E-state index in [4.69, 9.17) is 9.47 Å². The molecular weight excluding hydrogens is 246 g/mol. The van der Waals surface area contributed by atoms with Gasteiger partial charge in [-0.3, -0.25) is 4.79 Å². The first-order chi connectivity index (χ1) is 8.70. The number of nitrogens with one attached hydrogen (secondary N) is 1. The van der Waals surface area contributed by atoms with Crippen LogP contribution in [0.1, 0.15) is 47.5 Å². The third-order valence-electron chi connectivity index (χ3n) is 2.20. The first-order valence-electron chi connectivity index (χ1n) is 6.77. The van der Waals surface area contributed by atoms with E-state index in [1.54, 1.807) is 0 Å². The molecule has 0 saturated heterocycles. The van der Waals surface area contributed by atoms with Crippen LogP contribution in [0.2, 0.25) is 0 Å². The highest BCUT2D eigenvalue weighted by atomic mass is 16.6. The summed E-state index contributed by atoms with van der Waals surface area (Å²) < 4.78 is 9.94. The molecule has 5 nitrogen and oxygen atoms in total. The molecule has 0 heterocycles. The lowest BCUT2D eigenvalue weighted by Gasteiger charge is -2.17. The lowest BCUT2D eigenvalue weighted by atomic mass is 9.99. The highest BCUT2D eigenvalue weighted by molar-refractivity contribution is 5.77. The van der Waals surface area contributed by atoms with E-state index in [1.165, 1.54) is 0 Å². The van der Waals surface area contributed by atoms with E-state index in [1.807, 2.05) is 20.8 Å². The van der Waals surface area contributed by atoms with Gasteiger partial charge in [0, 0.05) is 0 Å². The highest BCUT2D eigenvalue weighted by Gasteiger charge is 2.14. The molecule has 0 atom stereocenters. The zero-order valence-corrected chi connectivity index (χ0v) is 12.7. The predicted octanol–water partition coefficient (Wildman–Crippen LogP) is 2.74. The fourth-order valence-corrected chi connectivity index (χ4v) is 1.21. The molecule has 5 heteroatoms. The number of amides is 1. The molecule has 0 aromatic carbocycles. The van der Waals surface area contributed by atoms with E-state index in [9.17, 15) is 9.59 Å². The normalized spacial score (nSPS) is 11.3. The fourth-order valence-electron chi connectivity index (χ4n) is 1.21. The maximum atomic E-state index is 11.3. The van der Waals surface area contributed by atoms with Crippen LogP contribution in [-0.4, -0.2) is 31.8 Å². The number of esters is 1. The minimum absolute atomic E-state index is 0.0886. The Labute approximate surface area is 116 Å². The van der Waals surface area contributed by atoms with E-state index in [0.717, 1.165) is 12.8 Å². The molecule has 0 aromatic rings. The van der Waals surface area contributed by atoms with Crippen LogP contribution in [0.3, 0.4) is 0 Å². The van der Waals surface area contributed by atoms with Gasteiger partial charge in [-0.1, -0.05) is 34.6 Å². The van der Waals surface area contributed by atoms with Gasteiger partial charge in [0.2, 0.25) is 0 Å². The number of carbonyl (C=O) groups excluding carboxylic acids is 2. The molecule has 0 aromatic heterocycles. The summed E-state index contributed by atoms with van der Waals surface area (Å²) in [4.78, 5) is 22.6. The fraction of sp³-hybridized carbons (Fsp3) is 0.857. The lowest BCUT2D eigenvalue weighted by molar-refractivity contribution is -0.142. The summed E-state index contributed by atoms with van der Waals surface area (Å²) in [5, 5.41) is 2.37. The number of hydrogen-bond acceptors (Lipinski definition) is 4. The van der Waals surface area contributed by atoms with Gasteiger partial charge >= 0.3 is 12.1 Å². The van der Waals surface area contributed by atoms with Crippen molar-refractivity contribution < 1.29 is 19.1 Å². The van der Waals surface area contributed by atoms with Gasteiger partial charge in [0.15, 0.2) is 0 Å². The molecule has 0 bridgehead atoms. The van der Waals surface area contributed by atoms with Crippen molar-refractivity contribution in [2.24, 2.45) is 11.3 Å². The minimum Gasteiger partial charge on any atom is -0.464 e. The molecule has 19 heavy (non-hydrogen) atoms. The average molecular weight is 273 g/mol. The van der Waals surface area contributed by atoms with Crippen LogP contribution in [0.4, 0.5) is 4.79 Å². The summed E-state index contributed by atoms with van der Waals surface area (Å²) in [5.41, 5.74) is -0.0886. The van der Waals surface area contributed by atoms with Crippen molar-refractivity contribution in [3.63, 3.8) is 0 Å². The second-order valence-corrected chi connectivity index (χ2v) is 6.25. The molecule has 0 rings (SSSR count). The Morgan fingerprint density at radius 1 is 1.16 bits per heavy atom. The lowest BCUT2D eigenvalue weighted by Crippen LogP contribution is -2.33. The summed E-state index contributed by atoms with van der Waals surface area (Å²) in [7, 11) is 0. The molecule has 0 unspecified atom stereocenters. The van der Waals surface area contributed by atoms with Crippen LogP contribution in [0.5, 0.6) is 0 Å². The van der Waals surface area contributed by atoms with Gasteiger partial charge in [0.25, 0.3) is 0 Å². The standard InChI is InChI=1S/C14H27NO4/c1-11(2)7-6-8-18-12(16)9-15-13(17)19-10-14(3,4)5/h11H,6-10H2,1-5H3,(H,15,17). The maximum Gasteiger partial charge on any atom is 0.407 e. The second-order valence-electron chi connectivity index (χ2n) is 6.25. The molecule has 0 spiro atoms. The van der Waals surface area contributed by atoms with Crippen LogP contribution in [0.25, 0.3) is 0 Å². The van der Waals surface area contributed by atoms with Crippen LogP contribution in [-0.2, 0) is 14.3 Å². The van der Waals surface area contributed by atoms with E-state index >= 15 is 0 Å². The number of ether oxygens (including phenoxy) is 2. The predicted molar refractivity (Wildman–Crippen MR) is 73.8 cm³/mol. The smallest absolute Gasteiger partial charge is 0.407 e. The Morgan fingerprint density at radius 3 is 2.32 bits per heavy atom. The van der Waals surface area contributed by atoms with Crippen molar-refractivity contribution in [2.75, 3.05) is 19.8 Å². The maximum absolute atomic E-state index is 11.3. The van der Waals surface area contributed by atoms with E-state index in [-0.39, 0.29) is 12.0 Å². The SMILES string of the molecule is CC(C)CCCOC(=O)CNC(=O)OCC(C)(C)C. The monoisotopic (exact) mass is 273 g/mol. The van der Waals surface area contributed by atoms with Gasteiger partial charge in [-0.25, -0.2) is 4.79 Å². The summed E-state index contributed by atoms with van der Waals surface area (Å²) in [6.45, 7) is 10.7. The Bertz CT molecular complexity index is 282. The van der Waals surface area contributed by atoms with E-state index in [0.29, 0.717) is 19.1 Å². The first kappa shape index (κ1) is 17.7. The molecule has 0 aliphatic heterocycles. The van der Waals surface area contributed by atoms with Crippen molar-refractivity contribution in [1.29, 1.82) is 0 Å². The van der Waals surface area contributed by atoms with Crippen LogP contribution >= 0.6 is 0 Å². The number of alkyl carbamates (subject to hydrolysis) is 1. The van der Waals surface area contributed by atoms with Crippen molar-refractivity contribution in [3.8, 4) is 0 Å². The molecule has 0 radical (unpaired) electrons. The summed E-state index contributed by atoms with van der Waals surface area (Å²) in [5.74, 6) is 0.167. The summed E-state index contributed by atoms with van der Waals surface area (Å²) in [6.07, 6.45) is 1.28. The first-order valence-corrected chi connectivity index (χ1v) is 6.77. The molecule has 0 aliphatic carbocycles. The molecule has 0 aliphatic rings. The summed E-state index contributed by atoms with van der Waals surface area (Å²) >= 11 is 0. The van der Waals surface area contributed by atoms with Gasteiger partial charge in [-0.2, -0.15) is 0 Å². The van der Waals surface area contributed by atoms with Crippen molar-refractivity contribution in [3.05, 3.63) is 0 Å². The molecule has 1 amide bonds. The number of rotatable bonds is 7. The molecular formula is C14H27NO4. The van der Waals surface area contributed by atoms with Crippen molar-refractivity contribution in [2.45, 2.75) is 47.5 Å². The van der Waals surface area contributed by atoms with Crippen LogP contribution in [0.15, 0.2) is 0 Å². The third kappa shape index (κ3) is 13.0. The summed E-state index contributed by atoms with van der Waals surface area (Å²) in [6, 6.07) is 0. The van der Waals surface area contributed by atoms with Crippen LogP contribution in [0, 0.1) is 11.3 Å². The highest BCUT2D eigenvalue weighted by Crippen LogP contribution is 2.12. The Hall–Kier alpha value is -1.26. The van der Waals surface area contributed by atoms with Gasteiger partial charge in [-0.05, 0) is 24.2 Å². The largest absolute Gasteiger partial charge is 0.464 e. The number of carbonyl (C=O) groups is 2. The minimum atomic E-state index is -0.589. The average Bonchev–Trinajstić information content (AvgIpc) is 2.28. The zero-order valence-electron chi connectivity index (χ0n) is 12.7. The topological polar surface area (TPSA) is 64.6 Å². The van der Waals surface area contributed by atoms with Crippen molar-refractivity contribution in [1.82, 2.24) is 5.32 Å². The third-order valence-corrected chi connectivity index (χ3v) is 2.20. The van der Waals surface area contributed by atoms with Gasteiger partial charge < -0.3 is 14.8 Å². The molecule has 112 valence electrons. The van der Waals surface area contributed by atoms with E-state index < -0.39 is 12.1 Å². The van der Waals surface area contributed by atoms with Gasteiger partial charge in [0.1, 0.15) is 6.54 Å². The second kappa shape index (κ2) is 8.77. The van der Waals surface area contributed by atoms with Crippen molar-refractivity contribution >= 4 is 12.1 Å². The Morgan fingerprint density at radius 2 is 1.79 bits per heavy atom. The van der Waals surface area contributed by atoms with E-state index in [2.05, 4.69) is 19.2 Å². The quantitative estimate of drug-likeness (QED) is 0.572. The molecule has 0 saturated carbocycles. The van der Waals surface area contributed by atoms with Crippen LogP contribution < -0.4 is 5.32 Å². The number of hydrogen-bond donors (Lipinski definition) is 1. The van der Waals surface area contributed by atoms with Gasteiger partial charge in [0.05, 0.1) is 13.2 Å². The molecule has 0 fully saturated rings. The Kier molecular flexibility index (Phi) is 8.19. The Balaban J connectivity index is 3.59. The van der Waals surface area contributed by atoms with Gasteiger partial charge in [-0.15, -0.1) is 0 Å². The molecule has 1 N–H and O–H groups in total. The zero-order chi connectivity index (χ0) is 14.9.